The third-order valence-electron chi connectivity index (χ3n) is 22.6. The minimum absolute atomic E-state index is 0.00770. The molecule has 5 heterocycles. The second kappa shape index (κ2) is 26.6. The summed E-state index contributed by atoms with van der Waals surface area (Å²) < 4.78 is 60.3. The Balaban J connectivity index is 0.902. The van der Waals surface area contributed by atoms with Crippen LogP contribution in [-0.4, -0.2) is 285 Å². The zero-order valence-electron chi connectivity index (χ0n) is 50.5. The van der Waals surface area contributed by atoms with Crippen LogP contribution >= 0.6 is 0 Å². The van der Waals surface area contributed by atoms with Crippen LogP contribution in [0.1, 0.15) is 113 Å². The Morgan fingerprint density at radius 3 is 1.63 bits per heavy atom. The molecule has 34 atom stereocenters. The Morgan fingerprint density at radius 1 is 0.512 bits per heavy atom. The maximum atomic E-state index is 12.9. The van der Waals surface area contributed by atoms with Gasteiger partial charge in [-0.25, -0.2) is 0 Å². The largest absolute Gasteiger partial charge is 0.394 e. The van der Waals surface area contributed by atoms with Gasteiger partial charge < -0.3 is 134 Å². The van der Waals surface area contributed by atoms with Gasteiger partial charge in [-0.15, -0.1) is 0 Å². The van der Waals surface area contributed by atoms with Crippen LogP contribution in [-0.2, 0) is 47.4 Å². The standard InChI is InChI=1S/C59H100O27/c1-24(2)10-9-14-59(8,86-53-48(76)43(71)40(68)31(83-53)23-79-51-46(74)42(70)39(67)30(82-51)22-78-50-45(73)36(64)27(63)21-77-50)25-11-16-58(7)35(25)26(62)18-33-56(5)15-13-34(55(3,4)32(56)12-17-57(33,58)6)84-54-49(44(72)38(66)29(20-61)81-54)85-52-47(75)41(69)37(65)28(19-60)80-52/h10,25-54,60-76H,9,11-23H2,1-8H3/t25-,26+,27+,28+,29+,30+,31+,32-,33+,34-,35-,36-,37+,38+,39+,40+,41-,42-,43-,44-,45+,46+,47+,48+,49+,50-,51+,52-,53-,54-,56-,57+,58+,59?/m0/s1. The highest BCUT2D eigenvalue weighted by Gasteiger charge is 2.72. The predicted octanol–water partition coefficient (Wildman–Crippen LogP) is -3.74. The molecule has 4 saturated carbocycles. The molecule has 5 saturated heterocycles. The number of ether oxygens (including phenoxy) is 10. The van der Waals surface area contributed by atoms with E-state index in [2.05, 4.69) is 40.7 Å². The van der Waals surface area contributed by atoms with Gasteiger partial charge in [-0.1, -0.05) is 46.3 Å². The number of fused-ring (bicyclic) bond motifs is 5. The Labute approximate surface area is 501 Å². The van der Waals surface area contributed by atoms with Crippen LogP contribution in [0.2, 0.25) is 0 Å². The summed E-state index contributed by atoms with van der Waals surface area (Å²) in [6, 6.07) is 0. The molecule has 0 spiro atoms. The number of hydrogen-bond acceptors (Lipinski definition) is 27. The molecule has 9 aliphatic rings. The second-order valence-corrected chi connectivity index (χ2v) is 28.1. The normalized spacial score (nSPS) is 52.9. The van der Waals surface area contributed by atoms with Crippen molar-refractivity contribution in [3.63, 3.8) is 0 Å². The number of aliphatic hydroxyl groups is 17. The topological polar surface area (TPSA) is 436 Å². The summed E-state index contributed by atoms with van der Waals surface area (Å²) in [6.45, 7) is 14.1. The Hall–Kier alpha value is -1.34. The third kappa shape index (κ3) is 12.4. The molecule has 17 N–H and O–H groups in total. The van der Waals surface area contributed by atoms with Crippen molar-refractivity contribution < 1.29 is 134 Å². The lowest BCUT2D eigenvalue weighted by molar-refractivity contribution is -0.378. The van der Waals surface area contributed by atoms with Gasteiger partial charge in [-0.3, -0.25) is 0 Å². The number of allylic oxidation sites excluding steroid dienone is 2. The van der Waals surface area contributed by atoms with Gasteiger partial charge in [0, 0.05) is 0 Å². The number of aliphatic hydroxyl groups excluding tert-OH is 17. The molecule has 1 unspecified atom stereocenters. The van der Waals surface area contributed by atoms with Crippen LogP contribution in [0.15, 0.2) is 11.6 Å². The first kappa shape index (κ1) is 69.0. The zero-order chi connectivity index (χ0) is 63.1. The Bertz CT molecular complexity index is 2260. The highest BCUT2D eigenvalue weighted by molar-refractivity contribution is 5.21. The molecule has 27 nitrogen and oxygen atoms in total. The van der Waals surface area contributed by atoms with Gasteiger partial charge in [0.15, 0.2) is 31.5 Å². The summed E-state index contributed by atoms with van der Waals surface area (Å²) in [5, 5.41) is 185. The molecule has 4 aliphatic carbocycles. The Kier molecular flexibility index (Phi) is 21.3. The predicted molar refractivity (Wildman–Crippen MR) is 293 cm³/mol. The fraction of sp³-hybridized carbons (Fsp3) is 0.966. The molecule has 498 valence electrons. The van der Waals surface area contributed by atoms with E-state index in [0.717, 1.165) is 24.8 Å². The zero-order valence-corrected chi connectivity index (χ0v) is 50.5. The highest BCUT2D eigenvalue weighted by atomic mass is 16.8. The molecule has 0 bridgehead atoms. The average molecular weight is 1240 g/mol. The second-order valence-electron chi connectivity index (χ2n) is 28.1. The van der Waals surface area contributed by atoms with E-state index in [1.54, 1.807) is 0 Å². The van der Waals surface area contributed by atoms with Crippen molar-refractivity contribution in [3.05, 3.63) is 11.6 Å². The smallest absolute Gasteiger partial charge is 0.187 e. The minimum Gasteiger partial charge on any atom is -0.394 e. The molecule has 9 rings (SSSR count). The third-order valence-corrected chi connectivity index (χ3v) is 22.6. The summed E-state index contributed by atoms with van der Waals surface area (Å²) in [6.07, 6.45) is -32.7. The molecular weight excluding hydrogens is 1140 g/mol. The molecule has 0 aromatic heterocycles. The maximum Gasteiger partial charge on any atom is 0.187 e. The van der Waals surface area contributed by atoms with Crippen molar-refractivity contribution in [1.82, 2.24) is 0 Å². The summed E-state index contributed by atoms with van der Waals surface area (Å²) >= 11 is 0. The molecule has 0 aromatic carbocycles. The molecule has 0 radical (unpaired) electrons. The monoisotopic (exact) mass is 1240 g/mol. The van der Waals surface area contributed by atoms with Gasteiger partial charge >= 0.3 is 0 Å². The maximum absolute atomic E-state index is 12.9. The number of hydrogen-bond donors (Lipinski definition) is 17. The summed E-state index contributed by atoms with van der Waals surface area (Å²) in [4.78, 5) is 0. The quantitative estimate of drug-likeness (QED) is 0.0463. The van der Waals surface area contributed by atoms with Gasteiger partial charge in [0.1, 0.15) is 116 Å². The van der Waals surface area contributed by atoms with Gasteiger partial charge in [0.05, 0.1) is 50.8 Å². The van der Waals surface area contributed by atoms with Crippen LogP contribution in [0.25, 0.3) is 0 Å². The van der Waals surface area contributed by atoms with Gasteiger partial charge in [0.25, 0.3) is 0 Å². The van der Waals surface area contributed by atoms with E-state index in [1.807, 2.05) is 20.8 Å². The fourth-order valence-corrected chi connectivity index (χ4v) is 17.4. The van der Waals surface area contributed by atoms with E-state index in [4.69, 9.17) is 47.4 Å². The van der Waals surface area contributed by atoms with E-state index in [-0.39, 0.29) is 41.1 Å². The molecular formula is C59H100O27. The minimum atomic E-state index is -1.84. The summed E-state index contributed by atoms with van der Waals surface area (Å²) in [7, 11) is 0. The van der Waals surface area contributed by atoms with Crippen molar-refractivity contribution in [2.45, 2.75) is 278 Å². The average Bonchev–Trinajstić information content (AvgIpc) is 1.22. The molecule has 5 aliphatic heterocycles. The van der Waals surface area contributed by atoms with E-state index in [1.165, 1.54) is 0 Å². The van der Waals surface area contributed by atoms with Crippen LogP contribution < -0.4 is 0 Å². The first-order valence-electron chi connectivity index (χ1n) is 30.8. The molecule has 0 aromatic rings. The van der Waals surface area contributed by atoms with Crippen LogP contribution in [0.5, 0.6) is 0 Å². The van der Waals surface area contributed by atoms with Crippen LogP contribution in [0, 0.1) is 45.3 Å². The van der Waals surface area contributed by atoms with Gasteiger partial charge in [-0.05, 0) is 124 Å². The van der Waals surface area contributed by atoms with Crippen molar-refractivity contribution in [2.75, 3.05) is 33.0 Å². The van der Waals surface area contributed by atoms with E-state index < -0.39 is 202 Å². The van der Waals surface area contributed by atoms with Crippen LogP contribution in [0.4, 0.5) is 0 Å². The lowest BCUT2D eigenvalue weighted by atomic mass is 9.35. The van der Waals surface area contributed by atoms with E-state index >= 15 is 0 Å². The van der Waals surface area contributed by atoms with Gasteiger partial charge in [-0.2, -0.15) is 0 Å². The first-order valence-corrected chi connectivity index (χ1v) is 30.8. The van der Waals surface area contributed by atoms with E-state index in [9.17, 15) is 86.8 Å². The van der Waals surface area contributed by atoms with Crippen molar-refractivity contribution in [3.8, 4) is 0 Å². The summed E-state index contributed by atoms with van der Waals surface area (Å²) in [5.41, 5.74) is -1.79. The molecule has 9 fully saturated rings. The summed E-state index contributed by atoms with van der Waals surface area (Å²) in [5.74, 6) is -0.613. The highest BCUT2D eigenvalue weighted by Crippen LogP contribution is 2.76. The van der Waals surface area contributed by atoms with Crippen molar-refractivity contribution >= 4 is 0 Å². The van der Waals surface area contributed by atoms with Gasteiger partial charge in [0.2, 0.25) is 0 Å². The Morgan fingerprint density at radius 2 is 1.02 bits per heavy atom. The van der Waals surface area contributed by atoms with Crippen molar-refractivity contribution in [2.24, 2.45) is 45.3 Å². The first-order chi connectivity index (χ1) is 40.3. The van der Waals surface area contributed by atoms with E-state index in [0.29, 0.717) is 38.5 Å². The molecule has 86 heavy (non-hydrogen) atoms. The SMILES string of the molecule is CC(C)=CCCC(C)(O[C@@H]1O[C@H](CO[C@@H]2O[C@H](CO[C@@H]3OC[C@@H](O)[C@H](O)[C@H]3O)[C@@H](O)[C@H](O)[C@H]2O)[C@@H](O)[C@H](O)[C@H]1O)[C@H]1CC[C@]2(C)[C@@H]1[C@H](O)C[C@@H]1[C@@]3(C)CC[C@H](O[C@@H]4O[C@H](CO)[C@@H](O)[C@H](O)[C@H]4O[C@@H]4O[C@H](CO)[C@@H](O)[C@H](O)[C@H]4O)C(C)(C)[C@@H]3CC[C@]12C. The molecule has 27 heteroatoms. The molecule has 0 amide bonds. The lowest BCUT2D eigenvalue weighted by Crippen LogP contribution is -2.68. The fourth-order valence-electron chi connectivity index (χ4n) is 17.4. The number of rotatable bonds is 18. The van der Waals surface area contributed by atoms with Crippen molar-refractivity contribution in [1.29, 1.82) is 0 Å². The lowest BCUT2D eigenvalue weighted by Gasteiger charge is -2.71. The van der Waals surface area contributed by atoms with Crippen LogP contribution in [0.3, 0.4) is 0 Å².